The molecule has 0 unspecified atom stereocenters. The molecule has 5 nitrogen and oxygen atoms in total. The summed E-state index contributed by atoms with van der Waals surface area (Å²) in [5.41, 5.74) is 0. The second-order valence-corrected chi connectivity index (χ2v) is 5.68. The molecule has 1 N–H and O–H groups in total. The van der Waals surface area contributed by atoms with E-state index in [0.29, 0.717) is 18.0 Å². The second kappa shape index (κ2) is 5.64. The highest BCUT2D eigenvalue weighted by Gasteiger charge is 2.15. The molecule has 0 saturated carbocycles. The molecule has 18 heavy (non-hydrogen) atoms. The molecule has 2 aromatic rings. The van der Waals surface area contributed by atoms with Gasteiger partial charge in [-0.05, 0) is 13.0 Å². The van der Waals surface area contributed by atoms with Crippen LogP contribution in [0.4, 0.5) is 5.13 Å². The van der Waals surface area contributed by atoms with E-state index < -0.39 is 0 Å². The van der Waals surface area contributed by atoms with Crippen molar-refractivity contribution >= 4 is 43.3 Å². The Morgan fingerprint density at radius 3 is 2.94 bits per heavy atom. The van der Waals surface area contributed by atoms with E-state index in [1.165, 1.54) is 22.7 Å². The van der Waals surface area contributed by atoms with Crippen LogP contribution in [0.2, 0.25) is 0 Å². The van der Waals surface area contributed by atoms with E-state index in [1.807, 2.05) is 18.0 Å². The number of likely N-dealkylation sites (N-methyl/N-ethyl adjacent to an activating group) is 1. The number of anilines is 1. The van der Waals surface area contributed by atoms with Crippen molar-refractivity contribution in [2.24, 2.45) is 0 Å². The van der Waals surface area contributed by atoms with Gasteiger partial charge in [-0.2, -0.15) is 0 Å². The highest BCUT2D eigenvalue weighted by molar-refractivity contribution is 7.29. The number of aliphatic hydroxyl groups excluding tert-OH is 1. The first-order valence-electron chi connectivity index (χ1n) is 5.55. The molecule has 2 heterocycles. The van der Waals surface area contributed by atoms with Gasteiger partial charge in [0.05, 0.1) is 17.9 Å². The zero-order valence-electron chi connectivity index (χ0n) is 10.2. The van der Waals surface area contributed by atoms with Crippen LogP contribution in [0, 0.1) is 0 Å². The lowest BCUT2D eigenvalue weighted by atomic mass is 10.5. The fourth-order valence-electron chi connectivity index (χ4n) is 1.44. The van der Waals surface area contributed by atoms with Gasteiger partial charge >= 0.3 is 5.97 Å². The highest BCUT2D eigenvalue weighted by Crippen LogP contribution is 2.34. The SMILES string of the molecule is CCOC(=O)c1cc2sc(N(C)CCO)nc2s1. The van der Waals surface area contributed by atoms with Crippen molar-refractivity contribution in [1.82, 2.24) is 4.98 Å². The van der Waals surface area contributed by atoms with E-state index in [0.717, 1.165) is 14.7 Å². The van der Waals surface area contributed by atoms with Gasteiger partial charge in [0.1, 0.15) is 9.71 Å². The van der Waals surface area contributed by atoms with Crippen molar-refractivity contribution in [2.75, 3.05) is 31.7 Å². The summed E-state index contributed by atoms with van der Waals surface area (Å²) in [6.45, 7) is 2.81. The number of esters is 1. The summed E-state index contributed by atoms with van der Waals surface area (Å²) in [6, 6.07) is 1.81. The Morgan fingerprint density at radius 1 is 1.56 bits per heavy atom. The third-order valence-electron chi connectivity index (χ3n) is 2.32. The van der Waals surface area contributed by atoms with E-state index in [1.54, 1.807) is 6.92 Å². The Labute approximate surface area is 113 Å². The molecule has 2 rings (SSSR count). The summed E-state index contributed by atoms with van der Waals surface area (Å²) in [5, 5.41) is 9.72. The molecule has 0 spiro atoms. The third-order valence-corrected chi connectivity index (χ3v) is 4.57. The van der Waals surface area contributed by atoms with Crippen LogP contribution in [0.25, 0.3) is 9.53 Å². The predicted molar refractivity (Wildman–Crippen MR) is 73.8 cm³/mol. The lowest BCUT2D eigenvalue weighted by molar-refractivity contribution is 0.0532. The van der Waals surface area contributed by atoms with E-state index in [-0.39, 0.29) is 12.6 Å². The molecule has 2 aromatic heterocycles. The minimum Gasteiger partial charge on any atom is -0.462 e. The first kappa shape index (κ1) is 13.3. The molecular weight excluding hydrogens is 272 g/mol. The van der Waals surface area contributed by atoms with Crippen LogP contribution in [-0.4, -0.2) is 42.9 Å². The van der Waals surface area contributed by atoms with Crippen LogP contribution in [0.15, 0.2) is 6.07 Å². The smallest absolute Gasteiger partial charge is 0.348 e. The molecule has 0 aliphatic carbocycles. The Morgan fingerprint density at radius 2 is 2.33 bits per heavy atom. The normalized spacial score (nSPS) is 10.8. The van der Waals surface area contributed by atoms with Gasteiger partial charge in [-0.3, -0.25) is 0 Å². The number of aromatic nitrogens is 1. The van der Waals surface area contributed by atoms with E-state index in [2.05, 4.69) is 4.98 Å². The minimum atomic E-state index is -0.294. The Kier molecular flexibility index (Phi) is 4.15. The fraction of sp³-hybridized carbons (Fsp3) is 0.455. The Bertz CT molecular complexity index is 518. The standard InChI is InChI=1S/C11H14N2O3S2/c1-3-16-10(15)8-6-7-9(17-8)12-11(18-7)13(2)4-5-14/h6,14H,3-5H2,1-2H3. The van der Waals surface area contributed by atoms with Crippen molar-refractivity contribution in [3.05, 3.63) is 10.9 Å². The number of thiazole rings is 1. The van der Waals surface area contributed by atoms with Crippen LogP contribution in [0.1, 0.15) is 16.6 Å². The molecule has 0 aliphatic rings. The number of rotatable bonds is 5. The summed E-state index contributed by atoms with van der Waals surface area (Å²) in [7, 11) is 1.88. The molecule has 0 fully saturated rings. The summed E-state index contributed by atoms with van der Waals surface area (Å²) in [5.74, 6) is -0.294. The van der Waals surface area contributed by atoms with Crippen molar-refractivity contribution in [1.29, 1.82) is 0 Å². The molecular formula is C11H14N2O3S2. The zero-order valence-corrected chi connectivity index (χ0v) is 11.8. The third kappa shape index (κ3) is 2.63. The van der Waals surface area contributed by atoms with Gasteiger partial charge in [-0.1, -0.05) is 11.3 Å². The molecule has 0 saturated heterocycles. The van der Waals surface area contributed by atoms with Crippen LogP contribution < -0.4 is 4.90 Å². The lowest BCUT2D eigenvalue weighted by Gasteiger charge is -2.12. The van der Waals surface area contributed by atoms with Crippen LogP contribution in [0.3, 0.4) is 0 Å². The topological polar surface area (TPSA) is 62.7 Å². The van der Waals surface area contributed by atoms with Gasteiger partial charge < -0.3 is 14.7 Å². The van der Waals surface area contributed by atoms with Crippen LogP contribution in [0.5, 0.6) is 0 Å². The van der Waals surface area contributed by atoms with Gasteiger partial charge in [-0.25, -0.2) is 9.78 Å². The Hall–Kier alpha value is -1.18. The average Bonchev–Trinajstić information content (AvgIpc) is 2.86. The number of ether oxygens (including phenoxy) is 1. The summed E-state index contributed by atoms with van der Waals surface area (Å²) in [4.78, 5) is 19.3. The number of nitrogens with zero attached hydrogens (tertiary/aromatic N) is 2. The van der Waals surface area contributed by atoms with Crippen molar-refractivity contribution in [2.45, 2.75) is 6.92 Å². The molecule has 98 valence electrons. The van der Waals surface area contributed by atoms with Crippen LogP contribution >= 0.6 is 22.7 Å². The molecule has 7 heteroatoms. The van der Waals surface area contributed by atoms with Gasteiger partial charge in [0.15, 0.2) is 5.13 Å². The number of hydrogen-bond acceptors (Lipinski definition) is 7. The molecule has 0 radical (unpaired) electrons. The molecule has 0 bridgehead atoms. The number of carbonyl (C=O) groups excluding carboxylic acids is 1. The number of carbonyl (C=O) groups is 1. The Balaban J connectivity index is 2.22. The predicted octanol–water partition coefficient (Wildman–Crippen LogP) is 1.96. The first-order chi connectivity index (χ1) is 8.65. The van der Waals surface area contributed by atoms with Crippen molar-refractivity contribution in [3.8, 4) is 0 Å². The molecule has 0 aromatic carbocycles. The lowest BCUT2D eigenvalue weighted by Crippen LogP contribution is -2.20. The molecule has 0 aliphatic heterocycles. The number of hydrogen-bond donors (Lipinski definition) is 1. The maximum Gasteiger partial charge on any atom is 0.348 e. The largest absolute Gasteiger partial charge is 0.462 e. The summed E-state index contributed by atoms with van der Waals surface area (Å²) in [6.07, 6.45) is 0. The van der Waals surface area contributed by atoms with E-state index in [9.17, 15) is 4.79 Å². The molecule has 0 atom stereocenters. The van der Waals surface area contributed by atoms with Gasteiger partial charge in [0, 0.05) is 13.6 Å². The molecule has 0 amide bonds. The van der Waals surface area contributed by atoms with Crippen LogP contribution in [-0.2, 0) is 4.74 Å². The maximum absolute atomic E-state index is 11.6. The van der Waals surface area contributed by atoms with E-state index in [4.69, 9.17) is 9.84 Å². The van der Waals surface area contributed by atoms with Gasteiger partial charge in [0.25, 0.3) is 0 Å². The van der Waals surface area contributed by atoms with Gasteiger partial charge in [-0.15, -0.1) is 11.3 Å². The number of aliphatic hydroxyl groups is 1. The first-order valence-corrected chi connectivity index (χ1v) is 7.18. The highest BCUT2D eigenvalue weighted by atomic mass is 32.1. The maximum atomic E-state index is 11.6. The van der Waals surface area contributed by atoms with Crippen molar-refractivity contribution < 1.29 is 14.6 Å². The monoisotopic (exact) mass is 286 g/mol. The average molecular weight is 286 g/mol. The minimum absolute atomic E-state index is 0.0950. The zero-order chi connectivity index (χ0) is 13.1. The summed E-state index contributed by atoms with van der Waals surface area (Å²) >= 11 is 2.85. The van der Waals surface area contributed by atoms with Gasteiger partial charge in [0.2, 0.25) is 0 Å². The summed E-state index contributed by atoms with van der Waals surface area (Å²) < 4.78 is 5.92. The number of thiophene rings is 1. The second-order valence-electron chi connectivity index (χ2n) is 3.64. The quantitative estimate of drug-likeness (QED) is 0.851. The fourth-order valence-corrected chi connectivity index (χ4v) is 3.53. The van der Waals surface area contributed by atoms with Crippen molar-refractivity contribution in [3.63, 3.8) is 0 Å². The van der Waals surface area contributed by atoms with E-state index >= 15 is 0 Å². The number of fused-ring (bicyclic) bond motifs is 1.